The topological polar surface area (TPSA) is 0 Å². The summed E-state index contributed by atoms with van der Waals surface area (Å²) < 4.78 is 0. The maximum Gasteiger partial charge on any atom is -0.00135 e. The van der Waals surface area contributed by atoms with E-state index in [2.05, 4.69) is 30.3 Å². The first-order chi connectivity index (χ1) is 18.4. The minimum Gasteiger partial charge on any atom is -0.0622 e. The molecule has 1 aromatic carbocycles. The third-order valence-electron chi connectivity index (χ3n) is 10.8. The van der Waals surface area contributed by atoms with E-state index in [1.807, 2.05) is 0 Å². The van der Waals surface area contributed by atoms with Crippen molar-refractivity contribution in [2.45, 2.75) is 179 Å². The fourth-order valence-electron chi connectivity index (χ4n) is 8.65. The molecule has 3 saturated carbocycles. The van der Waals surface area contributed by atoms with Gasteiger partial charge < -0.3 is 0 Å². The minimum atomic E-state index is 0.453. The van der Waals surface area contributed by atoms with Crippen LogP contribution in [-0.4, -0.2) is 0 Å². The van der Waals surface area contributed by atoms with Crippen LogP contribution in [0, 0.1) is 17.8 Å². The largest absolute Gasteiger partial charge is 0.0622 e. The molecule has 4 rings (SSSR count). The van der Waals surface area contributed by atoms with Crippen molar-refractivity contribution in [1.29, 1.82) is 0 Å². The molecule has 3 aliphatic carbocycles. The molecule has 0 bridgehead atoms. The van der Waals surface area contributed by atoms with E-state index in [0.717, 1.165) is 17.8 Å². The zero-order valence-electron chi connectivity index (χ0n) is 24.7. The average Bonchev–Trinajstić information content (AvgIpc) is 3.61. The summed E-state index contributed by atoms with van der Waals surface area (Å²) in [6.45, 7) is 0. The number of benzene rings is 1. The van der Waals surface area contributed by atoms with E-state index in [-0.39, 0.29) is 0 Å². The van der Waals surface area contributed by atoms with Crippen molar-refractivity contribution in [3.8, 4) is 0 Å². The monoisotopic (exact) mass is 506 g/mol. The lowest BCUT2D eigenvalue weighted by Crippen LogP contribution is -2.40. The van der Waals surface area contributed by atoms with Crippen molar-refractivity contribution in [3.05, 3.63) is 35.9 Å². The summed E-state index contributed by atoms with van der Waals surface area (Å²) in [6, 6.07) is 12.1. The van der Waals surface area contributed by atoms with Crippen LogP contribution in [0.1, 0.15) is 179 Å². The van der Waals surface area contributed by atoms with E-state index >= 15 is 0 Å². The molecule has 0 saturated heterocycles. The quantitative estimate of drug-likeness (QED) is 0.381. The Morgan fingerprint density at radius 1 is 0.405 bits per heavy atom. The maximum absolute atomic E-state index is 2.55. The Hall–Kier alpha value is -0.780. The number of rotatable bonds is 4. The van der Waals surface area contributed by atoms with Gasteiger partial charge in [0.25, 0.3) is 0 Å². The summed E-state index contributed by atoms with van der Waals surface area (Å²) in [6.07, 6.45) is 40.2. The molecule has 0 heteroatoms. The molecule has 3 aliphatic rings. The van der Waals surface area contributed by atoms with Crippen molar-refractivity contribution in [3.63, 3.8) is 0 Å². The highest BCUT2D eigenvalue weighted by molar-refractivity contribution is 5.28. The highest BCUT2D eigenvalue weighted by atomic mass is 14.5. The molecule has 0 heterocycles. The lowest BCUT2D eigenvalue weighted by molar-refractivity contribution is 0.127. The van der Waals surface area contributed by atoms with Gasteiger partial charge in [-0.3, -0.25) is 0 Å². The second-order valence-corrected chi connectivity index (χ2v) is 13.6. The van der Waals surface area contributed by atoms with E-state index < -0.39 is 0 Å². The van der Waals surface area contributed by atoms with E-state index in [0.29, 0.717) is 5.41 Å². The van der Waals surface area contributed by atoms with Crippen molar-refractivity contribution in [2.24, 2.45) is 17.8 Å². The standard InChI is InChI=1S/C37H62/c1-2-4-6-8-10-12-14-16-23-31-37(35-27-19-18-20-28-35,32-24-17-15-13-11-9-7-5-3-1)36(34-29-30-34)33-25-21-22-26-33/h18-20,27-28,33-34,36H,1-17,21-26,29-32H2. The second kappa shape index (κ2) is 17.0. The predicted molar refractivity (Wildman–Crippen MR) is 163 cm³/mol. The van der Waals surface area contributed by atoms with Crippen LogP contribution >= 0.6 is 0 Å². The minimum absolute atomic E-state index is 0.453. The molecular weight excluding hydrogens is 444 g/mol. The first-order valence-corrected chi connectivity index (χ1v) is 17.5. The first kappa shape index (κ1) is 29.2. The van der Waals surface area contributed by atoms with Gasteiger partial charge >= 0.3 is 0 Å². The third kappa shape index (κ3) is 9.72. The molecule has 0 amide bonds. The molecule has 0 nitrogen and oxygen atoms in total. The summed E-state index contributed by atoms with van der Waals surface area (Å²) in [5.41, 5.74) is 2.18. The van der Waals surface area contributed by atoms with Gasteiger partial charge in [-0.15, -0.1) is 0 Å². The average molecular weight is 507 g/mol. The summed E-state index contributed by atoms with van der Waals surface area (Å²) in [5.74, 6) is 3.00. The molecule has 37 heavy (non-hydrogen) atoms. The van der Waals surface area contributed by atoms with Crippen molar-refractivity contribution in [1.82, 2.24) is 0 Å². The number of hydrogen-bond donors (Lipinski definition) is 0. The fraction of sp³-hybridized carbons (Fsp3) is 0.838. The van der Waals surface area contributed by atoms with Crippen molar-refractivity contribution in [2.75, 3.05) is 0 Å². The van der Waals surface area contributed by atoms with E-state index in [9.17, 15) is 0 Å². The van der Waals surface area contributed by atoms with Gasteiger partial charge in [0.2, 0.25) is 0 Å². The first-order valence-electron chi connectivity index (χ1n) is 17.5. The van der Waals surface area contributed by atoms with Gasteiger partial charge in [-0.05, 0) is 54.4 Å². The highest BCUT2D eigenvalue weighted by Crippen LogP contribution is 2.57. The predicted octanol–water partition coefficient (Wildman–Crippen LogP) is 12.3. The van der Waals surface area contributed by atoms with Crippen molar-refractivity contribution < 1.29 is 0 Å². The van der Waals surface area contributed by atoms with E-state index in [1.54, 1.807) is 5.56 Å². The third-order valence-corrected chi connectivity index (χ3v) is 10.8. The Kier molecular flexibility index (Phi) is 13.4. The van der Waals surface area contributed by atoms with Gasteiger partial charge in [-0.1, -0.05) is 178 Å². The molecule has 3 fully saturated rings. The summed E-state index contributed by atoms with van der Waals surface area (Å²) in [4.78, 5) is 0. The summed E-state index contributed by atoms with van der Waals surface area (Å²) in [5, 5.41) is 0. The SMILES string of the molecule is c1ccc(C2(C(C3CCCC3)C3CC3)CCCCCCCCCCCCCCCCCCCCC2)cc1. The van der Waals surface area contributed by atoms with E-state index in [1.165, 1.54) is 173 Å². The Balaban J connectivity index is 1.44. The van der Waals surface area contributed by atoms with Crippen LogP contribution < -0.4 is 0 Å². The van der Waals surface area contributed by atoms with E-state index in [4.69, 9.17) is 0 Å². The summed E-state index contributed by atoms with van der Waals surface area (Å²) in [7, 11) is 0. The molecule has 0 spiro atoms. The van der Waals surface area contributed by atoms with Gasteiger partial charge in [0.05, 0.1) is 0 Å². The molecule has 0 aliphatic heterocycles. The zero-order chi connectivity index (χ0) is 25.4. The van der Waals surface area contributed by atoms with Crippen LogP contribution in [0.25, 0.3) is 0 Å². The Labute approximate surface area is 232 Å². The second-order valence-electron chi connectivity index (χ2n) is 13.6. The van der Waals surface area contributed by atoms with Gasteiger partial charge in [0, 0.05) is 0 Å². The van der Waals surface area contributed by atoms with Crippen LogP contribution in [0.5, 0.6) is 0 Å². The molecule has 0 radical (unpaired) electrons. The molecule has 1 unspecified atom stereocenters. The van der Waals surface area contributed by atoms with Gasteiger partial charge in [0.1, 0.15) is 0 Å². The Morgan fingerprint density at radius 2 is 0.757 bits per heavy atom. The molecule has 1 aromatic rings. The molecule has 210 valence electrons. The van der Waals surface area contributed by atoms with Gasteiger partial charge in [-0.2, -0.15) is 0 Å². The Bertz CT molecular complexity index is 657. The number of hydrogen-bond acceptors (Lipinski definition) is 0. The highest BCUT2D eigenvalue weighted by Gasteiger charge is 2.50. The molecule has 1 atom stereocenters. The zero-order valence-corrected chi connectivity index (χ0v) is 24.7. The van der Waals surface area contributed by atoms with Crippen LogP contribution in [0.2, 0.25) is 0 Å². The normalized spacial score (nSPS) is 26.1. The van der Waals surface area contributed by atoms with Crippen molar-refractivity contribution >= 4 is 0 Å². The smallest absolute Gasteiger partial charge is 0.00135 e. The molecular formula is C37H62. The van der Waals surface area contributed by atoms with Gasteiger partial charge in [-0.25, -0.2) is 0 Å². The molecule has 0 aromatic heterocycles. The Morgan fingerprint density at radius 3 is 1.14 bits per heavy atom. The lowest BCUT2D eigenvalue weighted by Gasteiger charge is -2.46. The lowest BCUT2D eigenvalue weighted by atomic mass is 9.58. The fourth-order valence-corrected chi connectivity index (χ4v) is 8.65. The molecule has 0 N–H and O–H groups in total. The van der Waals surface area contributed by atoms with Crippen LogP contribution in [0.4, 0.5) is 0 Å². The van der Waals surface area contributed by atoms with Gasteiger partial charge in [0.15, 0.2) is 0 Å². The maximum atomic E-state index is 2.55. The van der Waals surface area contributed by atoms with Crippen LogP contribution in [0.3, 0.4) is 0 Å². The van der Waals surface area contributed by atoms with Crippen LogP contribution in [-0.2, 0) is 5.41 Å². The van der Waals surface area contributed by atoms with Crippen LogP contribution in [0.15, 0.2) is 30.3 Å². The summed E-state index contributed by atoms with van der Waals surface area (Å²) >= 11 is 0.